The first-order valence-corrected chi connectivity index (χ1v) is 10.4. The molecule has 1 amide bonds. The Labute approximate surface area is 179 Å². The van der Waals surface area contributed by atoms with Crippen LogP contribution in [0.5, 0.6) is 0 Å². The summed E-state index contributed by atoms with van der Waals surface area (Å²) in [6.45, 7) is 6.43. The molecule has 0 saturated carbocycles. The van der Waals surface area contributed by atoms with E-state index in [1.807, 2.05) is 13.0 Å². The predicted octanol–water partition coefficient (Wildman–Crippen LogP) is 3.09. The molecule has 0 unspecified atom stereocenters. The molecule has 0 aliphatic carbocycles. The van der Waals surface area contributed by atoms with Crippen molar-refractivity contribution in [2.45, 2.75) is 39.8 Å². The number of amides is 1. The average molecular weight is 424 g/mol. The highest BCUT2D eigenvalue weighted by Gasteiger charge is 2.34. The highest BCUT2D eigenvalue weighted by molar-refractivity contribution is 6.08. The molecule has 1 aliphatic heterocycles. The van der Waals surface area contributed by atoms with E-state index in [0.717, 1.165) is 5.56 Å². The predicted molar refractivity (Wildman–Crippen MR) is 115 cm³/mol. The van der Waals surface area contributed by atoms with Gasteiger partial charge in [-0.15, -0.1) is 5.10 Å². The molecule has 2 heterocycles. The first-order chi connectivity index (χ1) is 14.8. The molecule has 1 aliphatic rings. The molecule has 3 aromatic rings. The topological polar surface area (TPSA) is 80.4 Å². The zero-order valence-corrected chi connectivity index (χ0v) is 17.7. The van der Waals surface area contributed by atoms with Crippen LogP contribution in [0, 0.1) is 11.7 Å². The summed E-state index contributed by atoms with van der Waals surface area (Å²) in [6, 6.07) is 11.2. The van der Waals surface area contributed by atoms with Crippen molar-refractivity contribution < 1.29 is 14.3 Å². The summed E-state index contributed by atoms with van der Waals surface area (Å²) in [6.07, 6.45) is 0. The molecule has 1 atom stereocenters. The van der Waals surface area contributed by atoms with Crippen LogP contribution in [-0.4, -0.2) is 31.9 Å². The Kier molecular flexibility index (Phi) is 5.49. The zero-order chi connectivity index (χ0) is 22.3. The molecule has 4 rings (SSSR count). The number of benzene rings is 2. The van der Waals surface area contributed by atoms with Crippen molar-refractivity contribution in [2.24, 2.45) is 5.92 Å². The molecular weight excluding hydrogens is 399 g/mol. The third-order valence-electron chi connectivity index (χ3n) is 5.86. The van der Waals surface area contributed by atoms with E-state index >= 15 is 0 Å². The number of carbonyl (C=O) groups is 1. The smallest absolute Gasteiger partial charge is 0.350 e. The molecule has 1 N–H and O–H groups in total. The van der Waals surface area contributed by atoms with Crippen molar-refractivity contribution in [1.29, 1.82) is 0 Å². The highest BCUT2D eigenvalue weighted by Crippen LogP contribution is 2.36. The maximum Gasteiger partial charge on any atom is 0.350 e. The minimum Gasteiger partial charge on any atom is -0.388 e. The van der Waals surface area contributed by atoms with Crippen molar-refractivity contribution in [3.63, 3.8) is 0 Å². The van der Waals surface area contributed by atoms with Crippen molar-refractivity contribution in [3.05, 3.63) is 75.7 Å². The lowest BCUT2D eigenvalue weighted by atomic mass is 9.81. The normalized spacial score (nSPS) is 16.1. The van der Waals surface area contributed by atoms with Gasteiger partial charge in [0.2, 0.25) is 0 Å². The lowest BCUT2D eigenvalue weighted by molar-refractivity contribution is 0.0973. The first-order valence-electron chi connectivity index (χ1n) is 10.4. The molecule has 8 heteroatoms. The van der Waals surface area contributed by atoms with Crippen LogP contribution in [0.25, 0.3) is 5.69 Å². The lowest BCUT2D eigenvalue weighted by Gasteiger charge is -2.36. The minimum absolute atomic E-state index is 0.00260. The minimum atomic E-state index is -0.391. The third kappa shape index (κ3) is 3.57. The summed E-state index contributed by atoms with van der Waals surface area (Å²) in [4.78, 5) is 27.6. The van der Waals surface area contributed by atoms with Crippen LogP contribution in [0.4, 0.5) is 10.1 Å². The van der Waals surface area contributed by atoms with Gasteiger partial charge in [-0.1, -0.05) is 19.9 Å². The summed E-state index contributed by atoms with van der Waals surface area (Å²) in [5, 5.41) is 13.8. The fourth-order valence-electron chi connectivity index (χ4n) is 4.18. The number of hydrogen-bond acceptors (Lipinski definition) is 4. The highest BCUT2D eigenvalue weighted by atomic mass is 19.1. The van der Waals surface area contributed by atoms with E-state index in [0.29, 0.717) is 35.9 Å². The average Bonchev–Trinajstić information content (AvgIpc) is 3.08. The second kappa shape index (κ2) is 8.11. The number of fused-ring (bicyclic) bond motifs is 1. The lowest BCUT2D eigenvalue weighted by Crippen LogP contribution is -2.41. The van der Waals surface area contributed by atoms with Gasteiger partial charge in [-0.05, 0) is 54.8 Å². The van der Waals surface area contributed by atoms with Crippen molar-refractivity contribution >= 4 is 11.6 Å². The van der Waals surface area contributed by atoms with Gasteiger partial charge in [0.25, 0.3) is 5.91 Å². The molecule has 0 saturated heterocycles. The van der Waals surface area contributed by atoms with Gasteiger partial charge in [0.1, 0.15) is 12.4 Å². The number of rotatable bonds is 5. The summed E-state index contributed by atoms with van der Waals surface area (Å²) >= 11 is 0. The second-order valence-corrected chi connectivity index (χ2v) is 8.03. The summed E-state index contributed by atoms with van der Waals surface area (Å²) in [7, 11) is 0. The Hall–Kier alpha value is -3.26. The van der Waals surface area contributed by atoms with Crippen LogP contribution in [0.3, 0.4) is 0 Å². The van der Waals surface area contributed by atoms with Crippen LogP contribution < -0.4 is 10.6 Å². The number of halogens is 1. The molecule has 31 heavy (non-hydrogen) atoms. The second-order valence-electron chi connectivity index (χ2n) is 8.03. The number of anilines is 1. The number of aliphatic hydroxyl groups is 1. The van der Waals surface area contributed by atoms with Gasteiger partial charge >= 0.3 is 5.69 Å². The number of carbonyl (C=O) groups excluding carboxylic acids is 1. The SMILES string of the molecule is CCn1c(CO)nn(-c2ccc3c(c2)[C@@H](C(C)C)CN(c2cccc(F)c2)C3=O)c1=O. The van der Waals surface area contributed by atoms with Gasteiger partial charge in [-0.3, -0.25) is 9.36 Å². The van der Waals surface area contributed by atoms with Gasteiger partial charge in [0.05, 0.1) is 5.69 Å². The Morgan fingerprint density at radius 3 is 2.55 bits per heavy atom. The quantitative estimate of drug-likeness (QED) is 0.683. The van der Waals surface area contributed by atoms with Crippen LogP contribution >= 0.6 is 0 Å². The number of aromatic nitrogens is 3. The van der Waals surface area contributed by atoms with Gasteiger partial charge in [-0.2, -0.15) is 4.68 Å². The Morgan fingerprint density at radius 1 is 1.16 bits per heavy atom. The van der Waals surface area contributed by atoms with Crippen molar-refractivity contribution in [3.8, 4) is 5.69 Å². The van der Waals surface area contributed by atoms with Gasteiger partial charge < -0.3 is 10.0 Å². The van der Waals surface area contributed by atoms with E-state index in [2.05, 4.69) is 18.9 Å². The van der Waals surface area contributed by atoms with Gasteiger partial charge in [-0.25, -0.2) is 9.18 Å². The zero-order valence-electron chi connectivity index (χ0n) is 17.7. The van der Waals surface area contributed by atoms with E-state index in [1.54, 1.807) is 29.2 Å². The molecule has 0 spiro atoms. The van der Waals surface area contributed by atoms with Crippen molar-refractivity contribution in [2.75, 3.05) is 11.4 Å². The molecule has 2 aromatic carbocycles. The fraction of sp³-hybridized carbons (Fsp3) is 0.348. The maximum atomic E-state index is 13.8. The molecular formula is C23H25FN4O3. The molecule has 7 nitrogen and oxygen atoms in total. The Balaban J connectivity index is 1.82. The monoisotopic (exact) mass is 424 g/mol. The Morgan fingerprint density at radius 2 is 1.94 bits per heavy atom. The maximum absolute atomic E-state index is 13.8. The van der Waals surface area contributed by atoms with E-state index in [9.17, 15) is 19.1 Å². The van der Waals surface area contributed by atoms with Crippen LogP contribution in [0.15, 0.2) is 47.3 Å². The summed E-state index contributed by atoms with van der Waals surface area (Å²) in [5.74, 6) is -0.100. The molecule has 1 aromatic heterocycles. The van der Waals surface area contributed by atoms with E-state index in [-0.39, 0.29) is 30.0 Å². The first kappa shape index (κ1) is 21.0. The molecule has 0 bridgehead atoms. The molecule has 0 radical (unpaired) electrons. The summed E-state index contributed by atoms with van der Waals surface area (Å²) in [5.41, 5.74) is 2.10. The van der Waals surface area contributed by atoms with Crippen LogP contribution in [0.1, 0.15) is 48.4 Å². The largest absolute Gasteiger partial charge is 0.388 e. The molecule has 162 valence electrons. The van der Waals surface area contributed by atoms with E-state index < -0.39 is 5.82 Å². The van der Waals surface area contributed by atoms with Gasteiger partial charge in [0.15, 0.2) is 5.82 Å². The number of hydrogen-bond donors (Lipinski definition) is 1. The Bertz CT molecular complexity index is 1200. The van der Waals surface area contributed by atoms with E-state index in [4.69, 9.17) is 0 Å². The van der Waals surface area contributed by atoms with Crippen LogP contribution in [-0.2, 0) is 13.2 Å². The number of nitrogens with zero attached hydrogens (tertiary/aromatic N) is 4. The fourth-order valence-corrected chi connectivity index (χ4v) is 4.18. The summed E-state index contributed by atoms with van der Waals surface area (Å²) < 4.78 is 16.4. The van der Waals surface area contributed by atoms with Gasteiger partial charge in [0, 0.05) is 30.3 Å². The third-order valence-corrected chi connectivity index (χ3v) is 5.86. The van der Waals surface area contributed by atoms with Crippen LogP contribution in [0.2, 0.25) is 0 Å². The number of aliphatic hydroxyl groups excluding tert-OH is 1. The standard InChI is InChI=1S/C23H25FN4O3/c1-4-26-21(13-29)25-28(23(26)31)17-8-9-18-19(11-17)20(14(2)3)12-27(22(18)30)16-7-5-6-15(24)10-16/h5-11,14,20,29H,4,12-13H2,1-3H3/t20-/m1/s1. The van der Waals surface area contributed by atoms with E-state index in [1.165, 1.54) is 21.4 Å². The van der Waals surface area contributed by atoms with Crippen molar-refractivity contribution in [1.82, 2.24) is 14.3 Å². The molecule has 0 fully saturated rings.